The van der Waals surface area contributed by atoms with Crippen molar-refractivity contribution in [2.75, 3.05) is 20.6 Å². The van der Waals surface area contributed by atoms with Gasteiger partial charge in [0.05, 0.1) is 12.1 Å². The van der Waals surface area contributed by atoms with Crippen molar-refractivity contribution in [1.29, 1.82) is 0 Å². The van der Waals surface area contributed by atoms with Crippen molar-refractivity contribution in [2.24, 2.45) is 10.7 Å². The first-order valence-corrected chi connectivity index (χ1v) is 9.33. The van der Waals surface area contributed by atoms with Crippen LogP contribution in [0.3, 0.4) is 0 Å². The summed E-state index contributed by atoms with van der Waals surface area (Å²) in [4.78, 5) is 28.6. The Bertz CT molecular complexity index is 926. The molecule has 0 spiro atoms. The van der Waals surface area contributed by atoms with Gasteiger partial charge in [-0.25, -0.2) is 0 Å². The third-order valence-corrected chi connectivity index (χ3v) is 4.36. The number of hydrogen-bond donors (Lipinski definition) is 3. The van der Waals surface area contributed by atoms with Crippen LogP contribution in [-0.2, 0) is 24.1 Å². The summed E-state index contributed by atoms with van der Waals surface area (Å²) in [5, 5.41) is 5.57. The molecule has 0 atom stereocenters. The lowest BCUT2D eigenvalue weighted by Gasteiger charge is -2.22. The van der Waals surface area contributed by atoms with E-state index in [-0.39, 0.29) is 6.54 Å². The Kier molecular flexibility index (Phi) is 8.00. The average molecular weight is 435 g/mol. The lowest BCUT2D eigenvalue weighted by molar-refractivity contribution is -0.137. The lowest BCUT2D eigenvalue weighted by atomic mass is 10.1. The minimum absolute atomic E-state index is 0.232. The fraction of sp³-hybridized carbons (Fsp3) is 0.286. The van der Waals surface area contributed by atoms with Gasteiger partial charge in [-0.1, -0.05) is 24.3 Å². The first-order valence-electron chi connectivity index (χ1n) is 9.33. The molecule has 0 fully saturated rings. The highest BCUT2D eigenvalue weighted by molar-refractivity contribution is 5.96. The summed E-state index contributed by atoms with van der Waals surface area (Å²) in [6.45, 7) is 0.563. The topological polar surface area (TPSA) is 99.8 Å². The molecular formula is C21H24F3N5O2. The number of alkyl halides is 3. The Morgan fingerprint density at radius 2 is 1.58 bits per heavy atom. The monoisotopic (exact) mass is 435 g/mol. The van der Waals surface area contributed by atoms with Crippen molar-refractivity contribution < 1.29 is 22.8 Å². The fourth-order valence-electron chi connectivity index (χ4n) is 2.76. The van der Waals surface area contributed by atoms with Crippen LogP contribution in [0.4, 0.5) is 13.2 Å². The summed E-state index contributed by atoms with van der Waals surface area (Å²) >= 11 is 0. The molecule has 2 aromatic carbocycles. The van der Waals surface area contributed by atoms with E-state index in [1.807, 2.05) is 0 Å². The smallest absolute Gasteiger partial charge is 0.368 e. The number of carbonyl (C=O) groups is 2. The van der Waals surface area contributed by atoms with Crippen LogP contribution in [-0.4, -0.2) is 43.3 Å². The molecule has 31 heavy (non-hydrogen) atoms. The molecule has 166 valence electrons. The minimum atomic E-state index is -4.36. The van der Waals surface area contributed by atoms with E-state index in [1.54, 1.807) is 43.3 Å². The normalized spacial score (nSPS) is 11.7. The van der Waals surface area contributed by atoms with E-state index in [4.69, 9.17) is 5.73 Å². The predicted molar refractivity (Wildman–Crippen MR) is 111 cm³/mol. The van der Waals surface area contributed by atoms with Crippen LogP contribution < -0.4 is 16.4 Å². The van der Waals surface area contributed by atoms with Gasteiger partial charge in [-0.2, -0.15) is 13.2 Å². The number of rotatable bonds is 7. The van der Waals surface area contributed by atoms with Gasteiger partial charge < -0.3 is 21.3 Å². The number of hydrogen-bond acceptors (Lipinski definition) is 3. The van der Waals surface area contributed by atoms with Crippen molar-refractivity contribution >= 4 is 17.8 Å². The molecule has 2 aromatic rings. The predicted octanol–water partition coefficient (Wildman–Crippen LogP) is 2.13. The molecule has 0 bridgehead atoms. The summed E-state index contributed by atoms with van der Waals surface area (Å²) in [7, 11) is 3.39. The number of guanidine groups is 1. The highest BCUT2D eigenvalue weighted by atomic mass is 19.4. The van der Waals surface area contributed by atoms with E-state index in [1.165, 1.54) is 12.1 Å². The molecule has 0 aromatic heterocycles. The van der Waals surface area contributed by atoms with E-state index in [9.17, 15) is 22.8 Å². The van der Waals surface area contributed by atoms with E-state index in [0.717, 1.165) is 17.7 Å². The van der Waals surface area contributed by atoms with Gasteiger partial charge in [0.25, 0.3) is 5.91 Å². The standard InChI is InChI=1S/C21H24F3N5O2/c1-26-20(29(2)13-15-5-9-17(10-6-15)21(22,23)24)28-11-14-3-7-16(8-4-14)19(31)27-12-18(25)30/h3-10H,11-13H2,1-2H3,(H2,25,30)(H,26,28)(H,27,31). The van der Waals surface area contributed by atoms with Gasteiger partial charge >= 0.3 is 6.18 Å². The van der Waals surface area contributed by atoms with Crippen LogP contribution in [0.15, 0.2) is 53.5 Å². The maximum absolute atomic E-state index is 12.7. The fourth-order valence-corrected chi connectivity index (χ4v) is 2.76. The van der Waals surface area contributed by atoms with Gasteiger partial charge in [0.1, 0.15) is 0 Å². The van der Waals surface area contributed by atoms with Crippen LogP contribution in [0, 0.1) is 0 Å². The van der Waals surface area contributed by atoms with E-state index in [2.05, 4.69) is 15.6 Å². The molecule has 0 aliphatic heterocycles. The number of benzene rings is 2. The largest absolute Gasteiger partial charge is 0.416 e. The second-order valence-electron chi connectivity index (χ2n) is 6.80. The molecule has 4 N–H and O–H groups in total. The van der Waals surface area contributed by atoms with Gasteiger partial charge in [0, 0.05) is 32.7 Å². The number of carbonyl (C=O) groups excluding carboxylic acids is 2. The molecule has 0 saturated heterocycles. The molecule has 0 unspecified atom stereocenters. The van der Waals surface area contributed by atoms with Gasteiger partial charge in [-0.15, -0.1) is 0 Å². The van der Waals surface area contributed by atoms with Crippen LogP contribution in [0.2, 0.25) is 0 Å². The molecule has 0 aliphatic rings. The number of aliphatic imine (C=N–C) groups is 1. The summed E-state index contributed by atoms with van der Waals surface area (Å²) in [6.07, 6.45) is -4.36. The SMILES string of the molecule is CN=C(NCc1ccc(C(=O)NCC(N)=O)cc1)N(C)Cc1ccc(C(F)(F)F)cc1. The molecule has 0 heterocycles. The molecule has 2 amide bonds. The van der Waals surface area contributed by atoms with E-state index >= 15 is 0 Å². The number of nitrogens with zero attached hydrogens (tertiary/aromatic N) is 2. The summed E-state index contributed by atoms with van der Waals surface area (Å²) in [6, 6.07) is 11.8. The Balaban J connectivity index is 1.91. The third-order valence-electron chi connectivity index (χ3n) is 4.36. The molecule has 7 nitrogen and oxygen atoms in total. The zero-order valence-corrected chi connectivity index (χ0v) is 17.2. The second-order valence-corrected chi connectivity index (χ2v) is 6.80. The van der Waals surface area contributed by atoms with Crippen molar-refractivity contribution in [3.63, 3.8) is 0 Å². The lowest BCUT2D eigenvalue weighted by Crippen LogP contribution is -2.38. The summed E-state index contributed by atoms with van der Waals surface area (Å²) in [5.41, 5.74) is 6.31. The van der Waals surface area contributed by atoms with Crippen LogP contribution in [0.25, 0.3) is 0 Å². The molecule has 0 aliphatic carbocycles. The van der Waals surface area contributed by atoms with Gasteiger partial charge in [-0.3, -0.25) is 14.6 Å². The highest BCUT2D eigenvalue weighted by Gasteiger charge is 2.29. The van der Waals surface area contributed by atoms with Gasteiger partial charge in [-0.05, 0) is 35.4 Å². The molecule has 0 saturated carbocycles. The molecule has 2 rings (SSSR count). The van der Waals surface area contributed by atoms with Gasteiger partial charge in [0.2, 0.25) is 5.91 Å². The Hall–Kier alpha value is -3.56. The molecule has 0 radical (unpaired) electrons. The van der Waals surface area contributed by atoms with Crippen molar-refractivity contribution in [3.05, 3.63) is 70.8 Å². The number of amides is 2. The van der Waals surface area contributed by atoms with Crippen LogP contribution in [0.1, 0.15) is 27.0 Å². The minimum Gasteiger partial charge on any atom is -0.368 e. The third kappa shape index (κ3) is 7.32. The van der Waals surface area contributed by atoms with E-state index < -0.39 is 23.6 Å². The van der Waals surface area contributed by atoms with Gasteiger partial charge in [0.15, 0.2) is 5.96 Å². The quantitative estimate of drug-likeness (QED) is 0.458. The number of nitrogens with one attached hydrogen (secondary N) is 2. The molecule has 10 heteroatoms. The zero-order valence-electron chi connectivity index (χ0n) is 17.2. The zero-order chi connectivity index (χ0) is 23.0. The highest BCUT2D eigenvalue weighted by Crippen LogP contribution is 2.29. The van der Waals surface area contributed by atoms with E-state index in [0.29, 0.717) is 30.2 Å². The van der Waals surface area contributed by atoms with Crippen LogP contribution in [0.5, 0.6) is 0 Å². The van der Waals surface area contributed by atoms with Crippen LogP contribution >= 0.6 is 0 Å². The van der Waals surface area contributed by atoms with Crippen molar-refractivity contribution in [3.8, 4) is 0 Å². The van der Waals surface area contributed by atoms with Crippen molar-refractivity contribution in [2.45, 2.75) is 19.3 Å². The summed E-state index contributed by atoms with van der Waals surface area (Å²) < 4.78 is 38.1. The second kappa shape index (κ2) is 10.5. The number of halogens is 3. The Labute approximate surface area is 178 Å². The first-order chi connectivity index (χ1) is 14.6. The number of nitrogens with two attached hydrogens (primary N) is 1. The molecular weight excluding hydrogens is 411 g/mol. The maximum Gasteiger partial charge on any atom is 0.416 e. The Morgan fingerprint density at radius 1 is 1.00 bits per heavy atom. The Morgan fingerprint density at radius 3 is 2.10 bits per heavy atom. The summed E-state index contributed by atoms with van der Waals surface area (Å²) in [5.74, 6) is -0.463. The first kappa shape index (κ1) is 23.7. The maximum atomic E-state index is 12.7. The average Bonchev–Trinajstić information content (AvgIpc) is 2.72. The van der Waals surface area contributed by atoms with Crippen molar-refractivity contribution in [1.82, 2.24) is 15.5 Å². The number of primary amides is 1.